The second-order valence-corrected chi connectivity index (χ2v) is 4.43. The molecule has 1 amide bonds. The Morgan fingerprint density at radius 3 is 2.89 bits per heavy atom. The van der Waals surface area contributed by atoms with E-state index in [0.29, 0.717) is 17.0 Å². The van der Waals surface area contributed by atoms with Crippen molar-refractivity contribution in [2.45, 2.75) is 19.0 Å². The van der Waals surface area contributed by atoms with Gasteiger partial charge in [-0.15, -0.1) is 6.58 Å². The lowest BCUT2D eigenvalue weighted by Crippen LogP contribution is -2.41. The molecule has 0 fully saturated rings. The van der Waals surface area contributed by atoms with Crippen molar-refractivity contribution in [3.8, 4) is 0 Å². The fraction of sp³-hybridized carbons (Fsp3) is 0.308. The highest BCUT2D eigenvalue weighted by molar-refractivity contribution is 6.31. The van der Waals surface area contributed by atoms with Gasteiger partial charge in [0.05, 0.1) is 6.04 Å². The van der Waals surface area contributed by atoms with E-state index in [2.05, 4.69) is 6.58 Å². The lowest BCUT2D eigenvalue weighted by Gasteiger charge is -2.21. The smallest absolute Gasteiger partial charge is 0.239 e. The Kier molecular flexibility index (Phi) is 5.31. The predicted molar refractivity (Wildman–Crippen MR) is 70.7 cm³/mol. The van der Waals surface area contributed by atoms with E-state index < -0.39 is 11.9 Å². The van der Waals surface area contributed by atoms with Crippen LogP contribution in [0.5, 0.6) is 0 Å². The van der Waals surface area contributed by atoms with Gasteiger partial charge in [-0.05, 0) is 18.6 Å². The van der Waals surface area contributed by atoms with Crippen LogP contribution in [0.15, 0.2) is 30.9 Å². The van der Waals surface area contributed by atoms with Crippen LogP contribution in [0.1, 0.15) is 12.0 Å². The van der Waals surface area contributed by atoms with Gasteiger partial charge in [-0.2, -0.15) is 0 Å². The van der Waals surface area contributed by atoms with Gasteiger partial charge in [0, 0.05) is 24.2 Å². The van der Waals surface area contributed by atoms with Crippen LogP contribution in [0.4, 0.5) is 4.39 Å². The number of nitrogens with two attached hydrogens (primary N) is 1. The summed E-state index contributed by atoms with van der Waals surface area (Å²) in [5, 5.41) is 0.298. The Morgan fingerprint density at radius 2 is 2.33 bits per heavy atom. The topological polar surface area (TPSA) is 46.3 Å². The molecule has 1 aromatic rings. The summed E-state index contributed by atoms with van der Waals surface area (Å²) in [4.78, 5) is 13.2. The summed E-state index contributed by atoms with van der Waals surface area (Å²) >= 11 is 5.89. The van der Waals surface area contributed by atoms with E-state index in [9.17, 15) is 9.18 Å². The van der Waals surface area contributed by atoms with Crippen molar-refractivity contribution in [2.75, 3.05) is 7.05 Å². The van der Waals surface area contributed by atoms with E-state index in [1.165, 1.54) is 17.0 Å². The summed E-state index contributed by atoms with van der Waals surface area (Å²) < 4.78 is 13.6. The molecule has 2 N–H and O–H groups in total. The molecule has 1 unspecified atom stereocenters. The van der Waals surface area contributed by atoms with Crippen molar-refractivity contribution < 1.29 is 9.18 Å². The SMILES string of the molecule is C=CCC(N)C(=O)N(C)Cc1c(F)cccc1Cl. The van der Waals surface area contributed by atoms with Crippen molar-refractivity contribution in [3.05, 3.63) is 47.3 Å². The molecule has 0 aromatic heterocycles. The third kappa shape index (κ3) is 3.55. The molecule has 0 saturated carbocycles. The van der Waals surface area contributed by atoms with Crippen molar-refractivity contribution in [1.29, 1.82) is 0 Å². The molecule has 0 saturated heterocycles. The summed E-state index contributed by atoms with van der Waals surface area (Å²) in [6, 6.07) is 3.76. The first-order valence-electron chi connectivity index (χ1n) is 5.51. The molecule has 18 heavy (non-hydrogen) atoms. The second-order valence-electron chi connectivity index (χ2n) is 4.03. The summed E-state index contributed by atoms with van der Waals surface area (Å²) in [5.74, 6) is -0.700. The molecule has 98 valence electrons. The second kappa shape index (κ2) is 6.52. The van der Waals surface area contributed by atoms with Crippen LogP contribution >= 0.6 is 11.6 Å². The number of benzene rings is 1. The Balaban J connectivity index is 2.78. The molecule has 0 aliphatic heterocycles. The number of amides is 1. The van der Waals surface area contributed by atoms with Crippen LogP contribution in [0.2, 0.25) is 5.02 Å². The maximum Gasteiger partial charge on any atom is 0.239 e. The summed E-state index contributed by atoms with van der Waals surface area (Å²) in [7, 11) is 1.56. The van der Waals surface area contributed by atoms with E-state index in [1.54, 1.807) is 19.2 Å². The summed E-state index contributed by atoms with van der Waals surface area (Å²) in [5.41, 5.74) is 5.96. The molecule has 0 aliphatic rings. The highest BCUT2D eigenvalue weighted by atomic mass is 35.5. The average molecular weight is 271 g/mol. The first-order chi connectivity index (χ1) is 8.47. The molecule has 1 rings (SSSR count). The number of carbonyl (C=O) groups is 1. The zero-order valence-corrected chi connectivity index (χ0v) is 11.0. The minimum Gasteiger partial charge on any atom is -0.340 e. The molecular formula is C13H16ClFN2O. The number of hydrogen-bond donors (Lipinski definition) is 1. The maximum absolute atomic E-state index is 13.6. The fourth-order valence-electron chi connectivity index (χ4n) is 1.56. The lowest BCUT2D eigenvalue weighted by atomic mass is 10.1. The Hall–Kier alpha value is -1.39. The highest BCUT2D eigenvalue weighted by Gasteiger charge is 2.19. The number of rotatable bonds is 5. The van der Waals surface area contributed by atoms with Crippen LogP contribution in [0, 0.1) is 5.82 Å². The van der Waals surface area contributed by atoms with Gasteiger partial charge in [-0.1, -0.05) is 23.7 Å². The number of nitrogens with zero attached hydrogens (tertiary/aromatic N) is 1. The van der Waals surface area contributed by atoms with Crippen LogP contribution in [-0.4, -0.2) is 23.9 Å². The van der Waals surface area contributed by atoms with Crippen LogP contribution in [0.3, 0.4) is 0 Å². The third-order valence-electron chi connectivity index (χ3n) is 2.57. The van der Waals surface area contributed by atoms with Crippen LogP contribution < -0.4 is 5.73 Å². The maximum atomic E-state index is 13.6. The number of hydrogen-bond acceptors (Lipinski definition) is 2. The normalized spacial score (nSPS) is 12.0. The van der Waals surface area contributed by atoms with Gasteiger partial charge in [0.25, 0.3) is 0 Å². The Morgan fingerprint density at radius 1 is 1.67 bits per heavy atom. The standard InChI is InChI=1S/C13H16ClFN2O/c1-3-5-12(16)13(18)17(2)8-9-10(14)6-4-7-11(9)15/h3-4,6-7,12H,1,5,8,16H2,2H3. The Bertz CT molecular complexity index is 430. The van der Waals surface area contributed by atoms with Crippen molar-refractivity contribution in [2.24, 2.45) is 5.73 Å². The zero-order valence-electron chi connectivity index (χ0n) is 10.2. The fourth-order valence-corrected chi connectivity index (χ4v) is 1.78. The quantitative estimate of drug-likeness (QED) is 0.835. The molecule has 3 nitrogen and oxygen atoms in total. The molecular weight excluding hydrogens is 255 g/mol. The predicted octanol–water partition coefficient (Wildman–Crippen LogP) is 2.34. The van der Waals surface area contributed by atoms with Crippen molar-refractivity contribution in [1.82, 2.24) is 4.90 Å². The first-order valence-corrected chi connectivity index (χ1v) is 5.89. The van der Waals surface area contributed by atoms with Crippen LogP contribution in [-0.2, 0) is 11.3 Å². The summed E-state index contributed by atoms with van der Waals surface area (Å²) in [6.07, 6.45) is 1.96. The molecule has 0 heterocycles. The molecule has 0 radical (unpaired) electrons. The van der Waals surface area contributed by atoms with Crippen LogP contribution in [0.25, 0.3) is 0 Å². The van der Waals surface area contributed by atoms with E-state index in [0.717, 1.165) is 0 Å². The summed E-state index contributed by atoms with van der Waals surface area (Å²) in [6.45, 7) is 3.62. The minimum atomic E-state index is -0.655. The molecule has 0 aliphatic carbocycles. The molecule has 0 spiro atoms. The third-order valence-corrected chi connectivity index (χ3v) is 2.93. The van der Waals surface area contributed by atoms with Gasteiger partial charge in [-0.25, -0.2) is 4.39 Å². The molecule has 1 aromatic carbocycles. The Labute approximate surface area is 111 Å². The van der Waals surface area contributed by atoms with Gasteiger partial charge in [0.15, 0.2) is 0 Å². The zero-order chi connectivity index (χ0) is 13.7. The van der Waals surface area contributed by atoms with E-state index in [-0.39, 0.29) is 12.5 Å². The van der Waals surface area contributed by atoms with E-state index >= 15 is 0 Å². The van der Waals surface area contributed by atoms with Gasteiger partial charge >= 0.3 is 0 Å². The van der Waals surface area contributed by atoms with Gasteiger partial charge in [0.2, 0.25) is 5.91 Å². The number of carbonyl (C=O) groups excluding carboxylic acids is 1. The highest BCUT2D eigenvalue weighted by Crippen LogP contribution is 2.20. The largest absolute Gasteiger partial charge is 0.340 e. The lowest BCUT2D eigenvalue weighted by molar-refractivity contribution is -0.131. The number of likely N-dealkylation sites (N-methyl/N-ethyl adjacent to an activating group) is 1. The van der Waals surface area contributed by atoms with E-state index in [1.807, 2.05) is 0 Å². The van der Waals surface area contributed by atoms with Gasteiger partial charge in [0.1, 0.15) is 5.82 Å². The van der Waals surface area contributed by atoms with Crippen molar-refractivity contribution >= 4 is 17.5 Å². The number of halogens is 2. The average Bonchev–Trinajstić information content (AvgIpc) is 2.33. The molecule has 1 atom stereocenters. The monoisotopic (exact) mass is 270 g/mol. The van der Waals surface area contributed by atoms with Crippen molar-refractivity contribution in [3.63, 3.8) is 0 Å². The molecule has 0 bridgehead atoms. The van der Waals surface area contributed by atoms with E-state index in [4.69, 9.17) is 17.3 Å². The minimum absolute atomic E-state index is 0.0924. The molecule has 5 heteroatoms. The van der Waals surface area contributed by atoms with Gasteiger partial charge in [-0.3, -0.25) is 4.79 Å². The van der Waals surface area contributed by atoms with Gasteiger partial charge < -0.3 is 10.6 Å². The first kappa shape index (κ1) is 14.7.